The minimum Gasteiger partial charge on any atom is -0.508 e. The molecule has 3 unspecified atom stereocenters. The molecular formula is C14H16O2. The van der Waals surface area contributed by atoms with Gasteiger partial charge in [0, 0.05) is 5.92 Å². The Hall–Kier alpha value is -1.28. The molecule has 2 heteroatoms. The Bertz CT molecular complexity index is 428. The number of aliphatic hydroxyl groups is 2. The summed E-state index contributed by atoms with van der Waals surface area (Å²) >= 11 is 0. The number of aliphatic hydroxyl groups excluding tert-OH is 1. The third kappa shape index (κ3) is 1.74. The summed E-state index contributed by atoms with van der Waals surface area (Å²) in [5.74, 6) is 1.21. The van der Waals surface area contributed by atoms with Gasteiger partial charge in [0.25, 0.3) is 0 Å². The van der Waals surface area contributed by atoms with Gasteiger partial charge < -0.3 is 10.2 Å². The van der Waals surface area contributed by atoms with E-state index in [1.807, 2.05) is 12.2 Å². The van der Waals surface area contributed by atoms with Crippen LogP contribution in [0.15, 0.2) is 47.8 Å². The Morgan fingerprint density at radius 3 is 2.94 bits per heavy atom. The molecule has 3 atom stereocenters. The van der Waals surface area contributed by atoms with Crippen LogP contribution >= 0.6 is 0 Å². The zero-order valence-corrected chi connectivity index (χ0v) is 9.13. The maximum Gasteiger partial charge on any atom is 0.111 e. The summed E-state index contributed by atoms with van der Waals surface area (Å²) in [6, 6.07) is 0. The van der Waals surface area contributed by atoms with Gasteiger partial charge in [0.05, 0.1) is 5.60 Å². The number of hydrogen-bond acceptors (Lipinski definition) is 2. The monoisotopic (exact) mass is 216 g/mol. The van der Waals surface area contributed by atoms with Crippen molar-refractivity contribution < 1.29 is 10.2 Å². The van der Waals surface area contributed by atoms with Crippen LogP contribution in [0.25, 0.3) is 0 Å². The second kappa shape index (κ2) is 3.36. The molecule has 0 saturated heterocycles. The van der Waals surface area contributed by atoms with Crippen LogP contribution in [-0.2, 0) is 0 Å². The maximum absolute atomic E-state index is 9.82. The van der Waals surface area contributed by atoms with E-state index >= 15 is 0 Å². The van der Waals surface area contributed by atoms with Gasteiger partial charge in [0.2, 0.25) is 0 Å². The molecular weight excluding hydrogens is 200 g/mol. The maximum atomic E-state index is 9.82. The molecule has 3 aliphatic carbocycles. The fourth-order valence-electron chi connectivity index (χ4n) is 2.50. The summed E-state index contributed by atoms with van der Waals surface area (Å²) in [7, 11) is 0. The zero-order valence-electron chi connectivity index (χ0n) is 9.13. The second-order valence-electron chi connectivity index (χ2n) is 5.06. The lowest BCUT2D eigenvalue weighted by Gasteiger charge is -2.17. The van der Waals surface area contributed by atoms with Crippen LogP contribution in [0.3, 0.4) is 0 Å². The molecule has 2 N–H and O–H groups in total. The highest BCUT2D eigenvalue weighted by Crippen LogP contribution is 2.49. The summed E-state index contributed by atoms with van der Waals surface area (Å²) in [5, 5.41) is 19.0. The third-order valence-electron chi connectivity index (χ3n) is 3.70. The van der Waals surface area contributed by atoms with E-state index in [4.69, 9.17) is 0 Å². The lowest BCUT2D eigenvalue weighted by atomic mass is 9.90. The lowest BCUT2D eigenvalue weighted by Crippen LogP contribution is -2.10. The molecule has 84 valence electrons. The first-order valence-electron chi connectivity index (χ1n) is 5.85. The Kier molecular flexibility index (Phi) is 2.08. The van der Waals surface area contributed by atoms with Gasteiger partial charge in [0.1, 0.15) is 5.76 Å². The molecule has 0 aromatic heterocycles. The topological polar surface area (TPSA) is 40.5 Å². The van der Waals surface area contributed by atoms with Crippen molar-refractivity contribution in [1.82, 2.24) is 0 Å². The lowest BCUT2D eigenvalue weighted by molar-refractivity contribution is 0.189. The summed E-state index contributed by atoms with van der Waals surface area (Å²) in [6.07, 6.45) is 14.7. The minimum atomic E-state index is -0.510. The van der Waals surface area contributed by atoms with Crippen LogP contribution in [0, 0.1) is 11.8 Å². The molecule has 0 aromatic carbocycles. The summed E-state index contributed by atoms with van der Waals surface area (Å²) < 4.78 is 0. The molecule has 0 spiro atoms. The van der Waals surface area contributed by atoms with Crippen molar-refractivity contribution in [2.75, 3.05) is 0 Å². The van der Waals surface area contributed by atoms with Gasteiger partial charge in [-0.15, -0.1) is 0 Å². The van der Waals surface area contributed by atoms with E-state index < -0.39 is 5.60 Å². The zero-order chi connectivity index (χ0) is 11.2. The summed E-state index contributed by atoms with van der Waals surface area (Å²) in [4.78, 5) is 0. The second-order valence-corrected chi connectivity index (χ2v) is 5.06. The Morgan fingerprint density at radius 1 is 1.38 bits per heavy atom. The predicted molar refractivity (Wildman–Crippen MR) is 62.9 cm³/mol. The molecule has 0 aromatic rings. The van der Waals surface area contributed by atoms with E-state index in [0.29, 0.717) is 17.6 Å². The fourth-order valence-corrected chi connectivity index (χ4v) is 2.50. The van der Waals surface area contributed by atoms with Gasteiger partial charge in [-0.05, 0) is 37.3 Å². The molecule has 2 nitrogen and oxygen atoms in total. The van der Waals surface area contributed by atoms with Crippen molar-refractivity contribution in [2.24, 2.45) is 11.8 Å². The first-order valence-corrected chi connectivity index (χ1v) is 5.85. The van der Waals surface area contributed by atoms with Gasteiger partial charge in [0.15, 0.2) is 0 Å². The molecule has 0 bridgehead atoms. The number of allylic oxidation sites excluding steroid dienone is 5. The third-order valence-corrected chi connectivity index (χ3v) is 3.70. The molecule has 0 amide bonds. The first-order chi connectivity index (χ1) is 7.66. The van der Waals surface area contributed by atoms with Gasteiger partial charge in [-0.2, -0.15) is 0 Å². The molecule has 0 aliphatic heterocycles. The van der Waals surface area contributed by atoms with Gasteiger partial charge in [-0.25, -0.2) is 0 Å². The van der Waals surface area contributed by atoms with Crippen molar-refractivity contribution >= 4 is 0 Å². The quantitative estimate of drug-likeness (QED) is 0.745. The molecule has 1 fully saturated rings. The van der Waals surface area contributed by atoms with Crippen LogP contribution in [-0.4, -0.2) is 15.8 Å². The van der Waals surface area contributed by atoms with Crippen molar-refractivity contribution in [3.63, 3.8) is 0 Å². The van der Waals surface area contributed by atoms with Crippen LogP contribution in [0.1, 0.15) is 19.3 Å². The van der Waals surface area contributed by atoms with Crippen LogP contribution in [0.5, 0.6) is 0 Å². The molecule has 3 rings (SSSR count). The fraction of sp³-hybridized carbons (Fsp3) is 0.429. The average molecular weight is 216 g/mol. The van der Waals surface area contributed by atoms with Crippen molar-refractivity contribution in [2.45, 2.75) is 24.9 Å². The Balaban J connectivity index is 1.63. The predicted octanol–water partition coefficient (Wildman–Crippen LogP) is 2.64. The average Bonchev–Trinajstić information content (AvgIpc) is 2.93. The van der Waals surface area contributed by atoms with E-state index in [1.165, 1.54) is 5.57 Å². The van der Waals surface area contributed by atoms with E-state index in [2.05, 4.69) is 18.2 Å². The standard InChI is InChI=1S/C14H16O2/c15-13-3-1-10(2-4-13)7-11-5-6-14(16)9-12(14)8-11/h1,3-6,8,10,12,15-16H,2,7,9H2. The van der Waals surface area contributed by atoms with Crippen LogP contribution < -0.4 is 0 Å². The largest absolute Gasteiger partial charge is 0.508 e. The Labute approximate surface area is 95.3 Å². The number of fused-ring (bicyclic) bond motifs is 1. The normalized spacial score (nSPS) is 40.1. The van der Waals surface area contributed by atoms with E-state index in [-0.39, 0.29) is 0 Å². The SMILES string of the molecule is OC1=CCC(CC2=CC3CC3(O)C=C2)C=C1. The molecule has 16 heavy (non-hydrogen) atoms. The first kappa shape index (κ1) is 9.91. The highest BCUT2D eigenvalue weighted by Gasteiger charge is 2.50. The smallest absolute Gasteiger partial charge is 0.111 e. The van der Waals surface area contributed by atoms with Crippen LogP contribution in [0.2, 0.25) is 0 Å². The highest BCUT2D eigenvalue weighted by atomic mass is 16.3. The van der Waals surface area contributed by atoms with Gasteiger partial charge in [-0.3, -0.25) is 0 Å². The molecule has 3 aliphatic rings. The van der Waals surface area contributed by atoms with Crippen LogP contribution in [0.4, 0.5) is 0 Å². The minimum absolute atomic E-state index is 0.351. The van der Waals surface area contributed by atoms with Gasteiger partial charge >= 0.3 is 0 Å². The van der Waals surface area contributed by atoms with E-state index in [9.17, 15) is 10.2 Å². The summed E-state index contributed by atoms with van der Waals surface area (Å²) in [5.41, 5.74) is 0.806. The van der Waals surface area contributed by atoms with E-state index in [1.54, 1.807) is 6.08 Å². The Morgan fingerprint density at radius 2 is 2.25 bits per heavy atom. The number of hydrogen-bond donors (Lipinski definition) is 2. The molecule has 0 heterocycles. The van der Waals surface area contributed by atoms with Gasteiger partial charge in [-0.1, -0.05) is 29.9 Å². The highest BCUT2D eigenvalue weighted by molar-refractivity contribution is 5.38. The molecule has 0 radical (unpaired) electrons. The number of rotatable bonds is 2. The van der Waals surface area contributed by atoms with Crippen molar-refractivity contribution in [3.8, 4) is 0 Å². The van der Waals surface area contributed by atoms with Crippen molar-refractivity contribution in [3.05, 3.63) is 47.8 Å². The molecule has 1 saturated carbocycles. The van der Waals surface area contributed by atoms with E-state index in [0.717, 1.165) is 19.3 Å². The summed E-state index contributed by atoms with van der Waals surface area (Å²) in [6.45, 7) is 0. The van der Waals surface area contributed by atoms with Crippen molar-refractivity contribution in [1.29, 1.82) is 0 Å².